The molecule has 1 atom stereocenters. The molecule has 1 aromatic carbocycles. The van der Waals surface area contributed by atoms with Gasteiger partial charge in [0.15, 0.2) is 0 Å². The zero-order valence-electron chi connectivity index (χ0n) is 10.8. The van der Waals surface area contributed by atoms with E-state index in [1.807, 2.05) is 12.1 Å². The van der Waals surface area contributed by atoms with Crippen LogP contribution in [0, 0.1) is 0 Å². The van der Waals surface area contributed by atoms with E-state index in [-0.39, 0.29) is 12.3 Å². The van der Waals surface area contributed by atoms with Crippen molar-refractivity contribution >= 4 is 27.8 Å². The molecule has 0 saturated heterocycles. The van der Waals surface area contributed by atoms with Crippen LogP contribution in [0.5, 0.6) is 0 Å². The molecule has 0 saturated carbocycles. The van der Waals surface area contributed by atoms with Gasteiger partial charge in [0.25, 0.3) is 0 Å². The smallest absolute Gasteiger partial charge is 0.305 e. The van der Waals surface area contributed by atoms with Crippen molar-refractivity contribution in [2.45, 2.75) is 26.3 Å². The summed E-state index contributed by atoms with van der Waals surface area (Å²) in [7, 11) is 0. The molecular weight excluding hydrogens is 310 g/mol. The van der Waals surface area contributed by atoms with Gasteiger partial charge in [0.1, 0.15) is 0 Å². The van der Waals surface area contributed by atoms with Gasteiger partial charge in [-0.05, 0) is 31.5 Å². The largest absolute Gasteiger partial charge is 0.481 e. The molecule has 0 heterocycles. The summed E-state index contributed by atoms with van der Waals surface area (Å²) >= 11 is 3.32. The Kier molecular flexibility index (Phi) is 5.76. The molecule has 102 valence electrons. The van der Waals surface area contributed by atoms with Crippen LogP contribution in [0.15, 0.2) is 40.4 Å². The number of aliphatic carboxylic acids is 1. The molecule has 0 aromatic heterocycles. The summed E-state index contributed by atoms with van der Waals surface area (Å²) in [5, 5.41) is 11.7. The van der Waals surface area contributed by atoms with Crippen LogP contribution >= 0.6 is 15.9 Å². The van der Waals surface area contributed by atoms with Crippen molar-refractivity contribution in [3.05, 3.63) is 46.0 Å². The van der Waals surface area contributed by atoms with Crippen LogP contribution in [-0.2, 0) is 9.59 Å². The molecule has 0 bridgehead atoms. The average Bonchev–Trinajstić information content (AvgIpc) is 2.37. The molecule has 1 rings (SSSR count). The van der Waals surface area contributed by atoms with Crippen molar-refractivity contribution in [3.63, 3.8) is 0 Å². The van der Waals surface area contributed by atoms with Gasteiger partial charge in [0.05, 0.1) is 12.5 Å². The molecule has 1 unspecified atom stereocenters. The molecule has 5 heteroatoms. The summed E-state index contributed by atoms with van der Waals surface area (Å²) in [6.07, 6.45) is 1.54. The monoisotopic (exact) mass is 325 g/mol. The second-order valence-electron chi connectivity index (χ2n) is 4.15. The number of carbonyl (C=O) groups excluding carboxylic acids is 1. The minimum atomic E-state index is -0.952. The molecule has 0 radical (unpaired) electrons. The fourth-order valence-corrected chi connectivity index (χ4v) is 1.79. The van der Waals surface area contributed by atoms with Gasteiger partial charge in [-0.1, -0.05) is 34.1 Å². The fraction of sp³-hybridized carbons (Fsp3) is 0.286. The zero-order chi connectivity index (χ0) is 14.4. The van der Waals surface area contributed by atoms with E-state index in [9.17, 15) is 9.59 Å². The van der Waals surface area contributed by atoms with Crippen LogP contribution < -0.4 is 5.32 Å². The summed E-state index contributed by atoms with van der Waals surface area (Å²) in [6, 6.07) is 6.69. The molecular formula is C14H16BrNO3. The molecule has 1 aromatic rings. The zero-order valence-corrected chi connectivity index (χ0v) is 12.4. The molecule has 0 aliphatic heterocycles. The summed E-state index contributed by atoms with van der Waals surface area (Å²) < 4.78 is 0.904. The maximum Gasteiger partial charge on any atom is 0.305 e. The van der Waals surface area contributed by atoms with Crippen molar-refractivity contribution in [2.75, 3.05) is 0 Å². The normalized spacial score (nSPS) is 12.9. The number of benzene rings is 1. The maximum atomic E-state index is 11.8. The molecule has 0 fully saturated rings. The highest BCUT2D eigenvalue weighted by Crippen LogP contribution is 2.20. The SMILES string of the molecule is C/C=C(/C)C(=O)NC(CC(=O)O)c1ccc(Br)cc1. The van der Waals surface area contributed by atoms with Crippen molar-refractivity contribution in [2.24, 2.45) is 0 Å². The third kappa shape index (κ3) is 4.87. The first kappa shape index (κ1) is 15.4. The van der Waals surface area contributed by atoms with Gasteiger partial charge >= 0.3 is 5.97 Å². The predicted octanol–water partition coefficient (Wildman–Crippen LogP) is 3.05. The number of carbonyl (C=O) groups is 2. The van der Waals surface area contributed by atoms with Gasteiger partial charge in [-0.3, -0.25) is 9.59 Å². The van der Waals surface area contributed by atoms with Crippen molar-refractivity contribution in [1.29, 1.82) is 0 Å². The Morgan fingerprint density at radius 3 is 2.42 bits per heavy atom. The quantitative estimate of drug-likeness (QED) is 0.817. The van der Waals surface area contributed by atoms with Crippen LogP contribution in [0.4, 0.5) is 0 Å². The van der Waals surface area contributed by atoms with Crippen LogP contribution in [0.3, 0.4) is 0 Å². The lowest BCUT2D eigenvalue weighted by Crippen LogP contribution is -2.30. The van der Waals surface area contributed by atoms with Crippen molar-refractivity contribution < 1.29 is 14.7 Å². The summed E-state index contributed by atoms with van der Waals surface area (Å²) in [5.74, 6) is -1.21. The standard InChI is InChI=1S/C14H16BrNO3/c1-3-9(2)14(19)16-12(8-13(17)18)10-4-6-11(15)7-5-10/h3-7,12H,8H2,1-2H3,(H,16,19)(H,17,18)/b9-3-. The van der Waals surface area contributed by atoms with Gasteiger partial charge in [-0.2, -0.15) is 0 Å². The van der Waals surface area contributed by atoms with E-state index < -0.39 is 12.0 Å². The second kappa shape index (κ2) is 7.09. The number of rotatable bonds is 5. The van der Waals surface area contributed by atoms with E-state index in [1.165, 1.54) is 0 Å². The van der Waals surface area contributed by atoms with E-state index in [4.69, 9.17) is 5.11 Å². The van der Waals surface area contributed by atoms with Crippen LogP contribution in [0.25, 0.3) is 0 Å². The lowest BCUT2D eigenvalue weighted by Gasteiger charge is -2.17. The molecule has 0 spiro atoms. The number of amides is 1. The number of nitrogens with one attached hydrogen (secondary N) is 1. The van der Waals surface area contributed by atoms with Crippen LogP contribution in [-0.4, -0.2) is 17.0 Å². The molecule has 19 heavy (non-hydrogen) atoms. The molecule has 1 amide bonds. The Balaban J connectivity index is 2.92. The second-order valence-corrected chi connectivity index (χ2v) is 5.06. The number of allylic oxidation sites excluding steroid dienone is 1. The number of hydrogen-bond donors (Lipinski definition) is 2. The number of hydrogen-bond acceptors (Lipinski definition) is 2. The minimum Gasteiger partial charge on any atom is -0.481 e. The Hall–Kier alpha value is -1.62. The summed E-state index contributed by atoms with van der Waals surface area (Å²) in [5.41, 5.74) is 1.33. The van der Waals surface area contributed by atoms with Crippen molar-refractivity contribution in [1.82, 2.24) is 5.32 Å². The Labute approximate surface area is 120 Å². The molecule has 4 nitrogen and oxygen atoms in total. The number of halogens is 1. The topological polar surface area (TPSA) is 66.4 Å². The van der Waals surface area contributed by atoms with Gasteiger partial charge in [-0.25, -0.2) is 0 Å². The van der Waals surface area contributed by atoms with E-state index >= 15 is 0 Å². The van der Waals surface area contributed by atoms with E-state index in [0.29, 0.717) is 5.57 Å². The highest BCUT2D eigenvalue weighted by atomic mass is 79.9. The van der Waals surface area contributed by atoms with E-state index in [1.54, 1.807) is 32.1 Å². The minimum absolute atomic E-state index is 0.148. The Morgan fingerprint density at radius 1 is 1.37 bits per heavy atom. The van der Waals surface area contributed by atoms with Crippen LogP contribution in [0.2, 0.25) is 0 Å². The maximum absolute atomic E-state index is 11.8. The first-order valence-electron chi connectivity index (χ1n) is 5.85. The average molecular weight is 326 g/mol. The number of carboxylic acid groups (broad SMARTS) is 1. The third-order valence-corrected chi connectivity index (χ3v) is 3.28. The fourth-order valence-electron chi connectivity index (χ4n) is 1.53. The lowest BCUT2D eigenvalue weighted by molar-refractivity contribution is -0.137. The van der Waals surface area contributed by atoms with Crippen molar-refractivity contribution in [3.8, 4) is 0 Å². The van der Waals surface area contributed by atoms with E-state index in [2.05, 4.69) is 21.2 Å². The van der Waals surface area contributed by atoms with E-state index in [0.717, 1.165) is 10.0 Å². The highest BCUT2D eigenvalue weighted by molar-refractivity contribution is 9.10. The summed E-state index contributed by atoms with van der Waals surface area (Å²) in [6.45, 7) is 3.45. The van der Waals surface area contributed by atoms with Gasteiger partial charge in [-0.15, -0.1) is 0 Å². The third-order valence-electron chi connectivity index (χ3n) is 2.75. The van der Waals surface area contributed by atoms with Crippen LogP contribution in [0.1, 0.15) is 31.9 Å². The molecule has 2 N–H and O–H groups in total. The summed E-state index contributed by atoms with van der Waals surface area (Å²) in [4.78, 5) is 22.7. The van der Waals surface area contributed by atoms with Gasteiger partial charge < -0.3 is 10.4 Å². The molecule has 0 aliphatic carbocycles. The predicted molar refractivity (Wildman–Crippen MR) is 76.7 cm³/mol. The molecule has 0 aliphatic rings. The first-order chi connectivity index (χ1) is 8.93. The first-order valence-corrected chi connectivity index (χ1v) is 6.64. The van der Waals surface area contributed by atoms with Gasteiger partial charge in [0, 0.05) is 10.0 Å². The Bertz CT molecular complexity index is 494. The highest BCUT2D eigenvalue weighted by Gasteiger charge is 2.18. The number of carboxylic acids is 1. The Morgan fingerprint density at radius 2 is 1.95 bits per heavy atom. The van der Waals surface area contributed by atoms with Gasteiger partial charge in [0.2, 0.25) is 5.91 Å². The lowest BCUT2D eigenvalue weighted by atomic mass is 10.0.